The van der Waals surface area contributed by atoms with E-state index in [-0.39, 0.29) is 15.9 Å². The Labute approximate surface area is 235 Å². The summed E-state index contributed by atoms with van der Waals surface area (Å²) < 4.78 is 41.4. The maximum Gasteiger partial charge on any atom is 0.435 e. The summed E-state index contributed by atoms with van der Waals surface area (Å²) in [6.07, 6.45) is -4.67. The molecule has 2 aromatic carbocycles. The number of rotatable bonds is 7. The van der Waals surface area contributed by atoms with Crippen LogP contribution in [-0.2, 0) is 16.7 Å². The van der Waals surface area contributed by atoms with Gasteiger partial charge in [0, 0.05) is 39.9 Å². The number of carbonyl (C=O) groups excluding carboxylic acids is 1. The number of nitrogens with zero attached hydrogens (tertiary/aromatic N) is 3. The molecule has 0 bridgehead atoms. The number of hydrogen-bond acceptors (Lipinski definition) is 4. The van der Waals surface area contributed by atoms with Gasteiger partial charge in [-0.25, -0.2) is 9.67 Å². The Balaban J connectivity index is 1.54. The first-order valence-corrected chi connectivity index (χ1v) is 13.6. The van der Waals surface area contributed by atoms with Gasteiger partial charge in [-0.15, -0.1) is 0 Å². The normalized spacial score (nSPS) is 17.4. The van der Waals surface area contributed by atoms with Crippen molar-refractivity contribution in [3.05, 3.63) is 79.4 Å². The third-order valence-electron chi connectivity index (χ3n) is 5.75. The lowest BCUT2D eigenvalue weighted by Gasteiger charge is -2.31. The molecule has 1 aliphatic heterocycles. The van der Waals surface area contributed by atoms with Crippen LogP contribution in [0.1, 0.15) is 29.8 Å². The molecule has 0 fully saturated rings. The molecule has 196 valence electrons. The molecular weight excluding hydrogens is 591 g/mol. The first-order chi connectivity index (χ1) is 17.5. The van der Waals surface area contributed by atoms with E-state index in [1.165, 1.54) is 23.9 Å². The molecule has 13 heteroatoms. The van der Waals surface area contributed by atoms with Gasteiger partial charge in [-0.05, 0) is 42.3 Å². The molecule has 1 N–H and O–H groups in total. The molecule has 0 spiro atoms. The second kappa shape index (κ2) is 11.5. The number of carbonyl (C=O) groups is 1. The van der Waals surface area contributed by atoms with E-state index in [0.717, 1.165) is 16.3 Å². The fraction of sp³-hybridized carbons (Fsp3) is 0.292. The van der Waals surface area contributed by atoms with Crippen LogP contribution in [0, 0.1) is 5.92 Å². The zero-order valence-electron chi connectivity index (χ0n) is 19.1. The van der Waals surface area contributed by atoms with Crippen LogP contribution in [0.4, 0.5) is 19.0 Å². The van der Waals surface area contributed by atoms with Gasteiger partial charge in [0.05, 0.1) is 16.1 Å². The van der Waals surface area contributed by atoms with E-state index < -0.39 is 29.7 Å². The van der Waals surface area contributed by atoms with Crippen LogP contribution < -0.4 is 5.32 Å². The van der Waals surface area contributed by atoms with Crippen molar-refractivity contribution in [2.75, 3.05) is 12.3 Å². The summed E-state index contributed by atoms with van der Waals surface area (Å²) in [6, 6.07) is 9.89. The van der Waals surface area contributed by atoms with Gasteiger partial charge in [0.15, 0.2) is 11.5 Å². The van der Waals surface area contributed by atoms with Gasteiger partial charge < -0.3 is 5.32 Å². The topological polar surface area (TPSA) is 59.3 Å². The number of thioether (sulfide) groups is 1. The minimum atomic E-state index is -4.67. The molecule has 2 unspecified atom stereocenters. The Kier molecular flexibility index (Phi) is 8.70. The third kappa shape index (κ3) is 6.23. The lowest BCUT2D eigenvalue weighted by Crippen LogP contribution is -2.43. The summed E-state index contributed by atoms with van der Waals surface area (Å²) in [6.45, 7) is 1.91. The second-order valence-electron chi connectivity index (χ2n) is 8.22. The SMILES string of the molecule is CC1=Nc2cc(C(F)(F)F)nn2C(c2ccc(Cl)c(Cl)c2)C1C(=O)NCCSCc1c(Cl)cccc1Cl. The summed E-state index contributed by atoms with van der Waals surface area (Å²) in [5, 5.41) is 8.24. The Morgan fingerprint density at radius 3 is 2.41 bits per heavy atom. The highest BCUT2D eigenvalue weighted by Gasteiger charge is 2.42. The first kappa shape index (κ1) is 28.1. The Morgan fingerprint density at radius 1 is 1.05 bits per heavy atom. The van der Waals surface area contributed by atoms with Crippen LogP contribution in [0.5, 0.6) is 0 Å². The van der Waals surface area contributed by atoms with Crippen molar-refractivity contribution in [2.45, 2.75) is 24.9 Å². The van der Waals surface area contributed by atoms with Crippen LogP contribution in [0.25, 0.3) is 0 Å². The summed E-state index contributed by atoms with van der Waals surface area (Å²) in [5.74, 6) is -0.214. The van der Waals surface area contributed by atoms with Crippen molar-refractivity contribution in [3.8, 4) is 0 Å². The molecule has 1 aromatic heterocycles. The summed E-state index contributed by atoms with van der Waals surface area (Å²) in [5.41, 5.74) is 0.540. The molecule has 0 radical (unpaired) electrons. The second-order valence-corrected chi connectivity index (χ2v) is 11.0. The molecule has 1 amide bonds. The van der Waals surface area contributed by atoms with Crippen molar-refractivity contribution in [1.29, 1.82) is 0 Å². The van der Waals surface area contributed by atoms with Crippen LogP contribution in [0.3, 0.4) is 0 Å². The average molecular weight is 610 g/mol. The van der Waals surface area contributed by atoms with Gasteiger partial charge in [0.1, 0.15) is 5.92 Å². The van der Waals surface area contributed by atoms with Crippen molar-refractivity contribution < 1.29 is 18.0 Å². The summed E-state index contributed by atoms with van der Waals surface area (Å²) >= 11 is 26.2. The predicted octanol–water partition coefficient (Wildman–Crippen LogP) is 7.88. The average Bonchev–Trinajstić information content (AvgIpc) is 3.25. The van der Waals surface area contributed by atoms with E-state index in [1.54, 1.807) is 31.2 Å². The number of nitrogens with one attached hydrogen (secondary N) is 1. The number of fused-ring (bicyclic) bond motifs is 1. The Hall–Kier alpha value is -1.91. The van der Waals surface area contributed by atoms with Gasteiger partial charge in [0.25, 0.3) is 0 Å². The first-order valence-electron chi connectivity index (χ1n) is 10.9. The van der Waals surface area contributed by atoms with E-state index in [0.29, 0.717) is 39.4 Å². The van der Waals surface area contributed by atoms with Crippen LogP contribution >= 0.6 is 58.2 Å². The molecule has 4 rings (SSSR count). The Morgan fingerprint density at radius 2 is 1.76 bits per heavy atom. The lowest BCUT2D eigenvalue weighted by atomic mass is 9.87. The molecule has 2 atom stereocenters. The largest absolute Gasteiger partial charge is 0.435 e. The van der Waals surface area contributed by atoms with Crippen LogP contribution in [0.2, 0.25) is 20.1 Å². The van der Waals surface area contributed by atoms with E-state index in [4.69, 9.17) is 46.4 Å². The quantitative estimate of drug-likeness (QED) is 0.277. The van der Waals surface area contributed by atoms with Gasteiger partial charge in [-0.1, -0.05) is 58.5 Å². The monoisotopic (exact) mass is 608 g/mol. The van der Waals surface area contributed by atoms with Crippen molar-refractivity contribution in [1.82, 2.24) is 15.1 Å². The molecule has 37 heavy (non-hydrogen) atoms. The Bertz CT molecular complexity index is 1340. The van der Waals surface area contributed by atoms with Crippen molar-refractivity contribution >= 4 is 75.6 Å². The molecule has 0 aliphatic carbocycles. The zero-order valence-corrected chi connectivity index (χ0v) is 23.0. The van der Waals surface area contributed by atoms with Gasteiger partial charge in [-0.2, -0.15) is 30.0 Å². The highest BCUT2D eigenvalue weighted by atomic mass is 35.5. The van der Waals surface area contributed by atoms with E-state index in [1.807, 2.05) is 0 Å². The fourth-order valence-corrected chi connectivity index (χ4v) is 5.90. The molecule has 0 saturated carbocycles. The van der Waals surface area contributed by atoms with Gasteiger partial charge in [0.2, 0.25) is 5.91 Å². The van der Waals surface area contributed by atoms with Gasteiger partial charge >= 0.3 is 6.18 Å². The highest BCUT2D eigenvalue weighted by Crippen LogP contribution is 2.41. The summed E-state index contributed by atoms with van der Waals surface area (Å²) in [4.78, 5) is 17.6. The van der Waals surface area contributed by atoms with Crippen molar-refractivity contribution in [2.24, 2.45) is 10.9 Å². The number of aromatic nitrogens is 2. The highest BCUT2D eigenvalue weighted by molar-refractivity contribution is 7.98. The lowest BCUT2D eigenvalue weighted by molar-refractivity contribution is -0.141. The maximum atomic E-state index is 13.4. The molecule has 0 saturated heterocycles. The predicted molar refractivity (Wildman–Crippen MR) is 144 cm³/mol. The number of aliphatic imine (C=N–C) groups is 1. The summed E-state index contributed by atoms with van der Waals surface area (Å²) in [7, 11) is 0. The number of hydrogen-bond donors (Lipinski definition) is 1. The maximum absolute atomic E-state index is 13.4. The molecule has 1 aliphatic rings. The number of amides is 1. The molecule has 2 heterocycles. The zero-order chi connectivity index (χ0) is 26.9. The van der Waals surface area contributed by atoms with E-state index >= 15 is 0 Å². The van der Waals surface area contributed by atoms with E-state index in [9.17, 15) is 18.0 Å². The smallest absolute Gasteiger partial charge is 0.355 e. The molecule has 5 nitrogen and oxygen atoms in total. The van der Waals surface area contributed by atoms with Gasteiger partial charge in [-0.3, -0.25) is 4.79 Å². The minimum Gasteiger partial charge on any atom is -0.355 e. The standard InChI is InChI=1S/C24H19Cl4F3N4OS/c1-12-21(23(36)32-7-8-37-11-14-15(25)3-2-4-16(14)26)22(13-5-6-17(27)18(28)9-13)35-20(33-12)10-19(34-35)24(29,30)31/h2-6,9-10,21-22H,7-8,11H2,1H3,(H,32,36). The number of alkyl halides is 3. The third-order valence-corrected chi connectivity index (χ3v) is 8.18. The fourth-order valence-electron chi connectivity index (χ4n) is 4.00. The van der Waals surface area contributed by atoms with Crippen LogP contribution in [-0.4, -0.2) is 33.7 Å². The minimum absolute atomic E-state index is 0.00267. The van der Waals surface area contributed by atoms with Crippen molar-refractivity contribution in [3.63, 3.8) is 0 Å². The number of halogens is 7. The van der Waals surface area contributed by atoms with E-state index in [2.05, 4.69) is 15.4 Å². The van der Waals surface area contributed by atoms with Crippen LogP contribution in [0.15, 0.2) is 47.5 Å². The molecule has 3 aromatic rings. The molecular formula is C24H19Cl4F3N4OS. The number of benzene rings is 2.